The molecule has 0 unspecified atom stereocenters. The smallest absolute Gasteiger partial charge is 0.216 e. The van der Waals surface area contributed by atoms with Crippen LogP contribution in [0.2, 0.25) is 0 Å². The summed E-state index contributed by atoms with van der Waals surface area (Å²) in [5.74, 6) is 1.76. The molecule has 0 atom stereocenters. The van der Waals surface area contributed by atoms with Crippen molar-refractivity contribution in [3.05, 3.63) is 11.3 Å². The second kappa shape index (κ2) is 5.29. The number of methoxy groups -OCH3 is 1. The maximum Gasteiger partial charge on any atom is 0.216 e. The van der Waals surface area contributed by atoms with Crippen molar-refractivity contribution in [3.63, 3.8) is 0 Å². The first-order valence-corrected chi connectivity index (χ1v) is 6.19. The first-order chi connectivity index (χ1) is 8.63. The lowest BCUT2D eigenvalue weighted by Gasteiger charge is -2.25. The number of aliphatic imine (C=N–C) groups is 1. The van der Waals surface area contributed by atoms with Gasteiger partial charge in [0.15, 0.2) is 5.96 Å². The van der Waals surface area contributed by atoms with Crippen molar-refractivity contribution >= 4 is 5.96 Å². The third kappa shape index (κ3) is 2.42. The predicted molar refractivity (Wildman–Crippen MR) is 70.9 cm³/mol. The minimum absolute atomic E-state index is 0.687. The summed E-state index contributed by atoms with van der Waals surface area (Å²) in [6.45, 7) is 4.63. The fourth-order valence-corrected chi connectivity index (χ4v) is 2.22. The number of nitrogens with zero attached hydrogens (tertiary/aromatic N) is 4. The molecule has 0 fully saturated rings. The summed E-state index contributed by atoms with van der Waals surface area (Å²) in [7, 11) is 5.61. The average molecular weight is 251 g/mol. The zero-order valence-corrected chi connectivity index (χ0v) is 11.5. The third-order valence-electron chi connectivity index (χ3n) is 3.18. The number of guanidine groups is 1. The molecule has 100 valence electrons. The van der Waals surface area contributed by atoms with Crippen LogP contribution in [-0.2, 0) is 13.6 Å². The van der Waals surface area contributed by atoms with Gasteiger partial charge in [0.25, 0.3) is 0 Å². The minimum Gasteiger partial charge on any atom is -0.481 e. The molecule has 1 aliphatic heterocycles. The van der Waals surface area contributed by atoms with Crippen LogP contribution in [0.25, 0.3) is 0 Å². The van der Waals surface area contributed by atoms with E-state index in [-0.39, 0.29) is 0 Å². The molecule has 2 heterocycles. The molecule has 2 rings (SSSR count). The van der Waals surface area contributed by atoms with Crippen LogP contribution in [0.5, 0.6) is 5.88 Å². The van der Waals surface area contributed by atoms with Crippen LogP contribution in [0.1, 0.15) is 17.7 Å². The number of hydrogen-bond donors (Lipinski definition) is 1. The van der Waals surface area contributed by atoms with Crippen molar-refractivity contribution in [2.75, 3.05) is 27.2 Å². The Morgan fingerprint density at radius 3 is 2.83 bits per heavy atom. The maximum atomic E-state index is 5.37. The number of nitrogens with one attached hydrogen (secondary N) is 1. The molecule has 0 spiro atoms. The van der Waals surface area contributed by atoms with Crippen LogP contribution < -0.4 is 10.1 Å². The first kappa shape index (κ1) is 12.7. The van der Waals surface area contributed by atoms with E-state index in [0.717, 1.165) is 42.6 Å². The van der Waals surface area contributed by atoms with Gasteiger partial charge in [-0.25, -0.2) is 4.68 Å². The van der Waals surface area contributed by atoms with Crippen LogP contribution in [0.15, 0.2) is 4.99 Å². The highest BCUT2D eigenvalue weighted by atomic mass is 16.5. The molecule has 0 bridgehead atoms. The summed E-state index contributed by atoms with van der Waals surface area (Å²) in [6.07, 6.45) is 1.12. The Morgan fingerprint density at radius 2 is 2.17 bits per heavy atom. The summed E-state index contributed by atoms with van der Waals surface area (Å²) in [5.41, 5.74) is 2.07. The minimum atomic E-state index is 0.687. The Balaban J connectivity index is 2.08. The third-order valence-corrected chi connectivity index (χ3v) is 3.18. The Morgan fingerprint density at radius 1 is 1.39 bits per heavy atom. The monoisotopic (exact) mass is 251 g/mol. The lowest BCUT2D eigenvalue weighted by molar-refractivity contribution is 0.368. The topological polar surface area (TPSA) is 54.7 Å². The molecule has 0 aliphatic carbocycles. The van der Waals surface area contributed by atoms with Gasteiger partial charge in [0.05, 0.1) is 24.9 Å². The van der Waals surface area contributed by atoms with E-state index in [9.17, 15) is 0 Å². The van der Waals surface area contributed by atoms with Crippen LogP contribution in [0.4, 0.5) is 0 Å². The van der Waals surface area contributed by atoms with Gasteiger partial charge >= 0.3 is 0 Å². The van der Waals surface area contributed by atoms with Crippen molar-refractivity contribution in [3.8, 4) is 5.88 Å². The molecule has 0 aromatic carbocycles. The van der Waals surface area contributed by atoms with E-state index in [0.29, 0.717) is 6.54 Å². The van der Waals surface area contributed by atoms with Crippen LogP contribution in [0, 0.1) is 6.92 Å². The van der Waals surface area contributed by atoms with E-state index in [2.05, 4.69) is 27.4 Å². The van der Waals surface area contributed by atoms with E-state index < -0.39 is 0 Å². The molecule has 0 saturated carbocycles. The molecule has 1 aliphatic rings. The van der Waals surface area contributed by atoms with Gasteiger partial charge in [-0.1, -0.05) is 0 Å². The van der Waals surface area contributed by atoms with E-state index in [1.807, 2.05) is 14.0 Å². The number of aromatic nitrogens is 2. The van der Waals surface area contributed by atoms with Crippen molar-refractivity contribution in [1.29, 1.82) is 0 Å². The Kier molecular flexibility index (Phi) is 3.74. The summed E-state index contributed by atoms with van der Waals surface area (Å²) in [4.78, 5) is 6.62. The molecular formula is C12H21N5O. The lowest BCUT2D eigenvalue weighted by atomic mass is 10.2. The van der Waals surface area contributed by atoms with E-state index in [1.165, 1.54) is 0 Å². The van der Waals surface area contributed by atoms with Gasteiger partial charge in [0.1, 0.15) is 0 Å². The zero-order chi connectivity index (χ0) is 13.1. The van der Waals surface area contributed by atoms with E-state index in [1.54, 1.807) is 11.8 Å². The summed E-state index contributed by atoms with van der Waals surface area (Å²) >= 11 is 0. The number of hydrogen-bond acceptors (Lipinski definition) is 5. The molecular weight excluding hydrogens is 230 g/mol. The standard InChI is InChI=1S/C12H21N5O/c1-9-10(11(18-4)17(3)15-9)8-14-12-13-6-5-7-16(12)2/h5-8H2,1-4H3,(H,13,14). The van der Waals surface area contributed by atoms with Crippen molar-refractivity contribution in [1.82, 2.24) is 20.0 Å². The Bertz CT molecular complexity index is 452. The Labute approximate surface area is 108 Å². The SMILES string of the molecule is COc1c(CNC2=NCCCN2C)c(C)nn1C. The highest BCUT2D eigenvalue weighted by Crippen LogP contribution is 2.20. The number of aryl methyl sites for hydroxylation is 2. The second-order valence-corrected chi connectivity index (χ2v) is 4.53. The molecule has 18 heavy (non-hydrogen) atoms. The van der Waals surface area contributed by atoms with Gasteiger partial charge in [-0.15, -0.1) is 0 Å². The molecule has 0 amide bonds. The molecule has 1 N–H and O–H groups in total. The van der Waals surface area contributed by atoms with Gasteiger partial charge in [0, 0.05) is 27.2 Å². The highest BCUT2D eigenvalue weighted by Gasteiger charge is 2.16. The van der Waals surface area contributed by atoms with Crippen molar-refractivity contribution < 1.29 is 4.74 Å². The summed E-state index contributed by atoms with van der Waals surface area (Å²) < 4.78 is 7.13. The maximum absolute atomic E-state index is 5.37. The number of ether oxygens (including phenoxy) is 1. The first-order valence-electron chi connectivity index (χ1n) is 6.19. The van der Waals surface area contributed by atoms with Crippen LogP contribution >= 0.6 is 0 Å². The fraction of sp³-hybridized carbons (Fsp3) is 0.667. The second-order valence-electron chi connectivity index (χ2n) is 4.53. The predicted octanol–water partition coefficient (Wildman–Crippen LogP) is 0.518. The largest absolute Gasteiger partial charge is 0.481 e. The summed E-state index contributed by atoms with van der Waals surface area (Å²) in [5, 5.41) is 7.72. The zero-order valence-electron chi connectivity index (χ0n) is 11.5. The molecule has 1 aromatic heterocycles. The van der Waals surface area contributed by atoms with Crippen LogP contribution in [0.3, 0.4) is 0 Å². The van der Waals surface area contributed by atoms with Gasteiger partial charge in [0.2, 0.25) is 5.88 Å². The molecule has 6 heteroatoms. The van der Waals surface area contributed by atoms with Crippen molar-refractivity contribution in [2.24, 2.45) is 12.0 Å². The van der Waals surface area contributed by atoms with Gasteiger partial charge in [-0.3, -0.25) is 4.99 Å². The average Bonchev–Trinajstić information content (AvgIpc) is 2.62. The van der Waals surface area contributed by atoms with Gasteiger partial charge in [-0.2, -0.15) is 5.10 Å². The van der Waals surface area contributed by atoms with Crippen LogP contribution in [-0.4, -0.2) is 47.9 Å². The highest BCUT2D eigenvalue weighted by molar-refractivity contribution is 5.80. The van der Waals surface area contributed by atoms with Gasteiger partial charge in [-0.05, 0) is 13.3 Å². The number of rotatable bonds is 3. The normalized spacial score (nSPS) is 15.6. The van der Waals surface area contributed by atoms with E-state index in [4.69, 9.17) is 4.74 Å². The molecule has 6 nitrogen and oxygen atoms in total. The summed E-state index contributed by atoms with van der Waals surface area (Å²) in [6, 6.07) is 0. The molecule has 0 saturated heterocycles. The van der Waals surface area contributed by atoms with Gasteiger partial charge < -0.3 is 15.0 Å². The molecule has 1 aromatic rings. The Hall–Kier alpha value is -1.72. The fourth-order valence-electron chi connectivity index (χ4n) is 2.22. The quantitative estimate of drug-likeness (QED) is 0.851. The lowest BCUT2D eigenvalue weighted by Crippen LogP contribution is -2.41. The van der Waals surface area contributed by atoms with E-state index >= 15 is 0 Å². The van der Waals surface area contributed by atoms with Crippen molar-refractivity contribution in [2.45, 2.75) is 19.9 Å². The molecule has 0 radical (unpaired) electrons.